The number of rotatable bonds is 6. The maximum atomic E-state index is 13.6. The molecule has 1 aliphatic heterocycles. The molecule has 2 heterocycles. The number of sulfonamides is 1. The number of nitrogens with zero attached hydrogens (tertiary/aromatic N) is 4. The van der Waals surface area contributed by atoms with E-state index in [-0.39, 0.29) is 35.8 Å². The molecule has 10 heteroatoms. The molecular formula is C22H24BrFN4O3S. The molecule has 7 nitrogen and oxygen atoms in total. The van der Waals surface area contributed by atoms with Crippen LogP contribution in [0.15, 0.2) is 58.0 Å². The molecule has 0 radical (unpaired) electrons. The monoisotopic (exact) mass is 522 g/mol. The quantitative estimate of drug-likeness (QED) is 0.484. The van der Waals surface area contributed by atoms with Crippen LogP contribution in [0.2, 0.25) is 0 Å². The lowest BCUT2D eigenvalue weighted by atomic mass is 10.0. The Hall–Kier alpha value is -2.30. The van der Waals surface area contributed by atoms with E-state index in [1.807, 2.05) is 0 Å². The van der Waals surface area contributed by atoms with E-state index in [1.165, 1.54) is 16.4 Å². The lowest BCUT2D eigenvalue weighted by molar-refractivity contribution is 0.186. The topological polar surface area (TPSA) is 77.3 Å². The molecule has 0 amide bonds. The molecule has 0 saturated heterocycles. The highest BCUT2D eigenvalue weighted by atomic mass is 79.9. The summed E-state index contributed by atoms with van der Waals surface area (Å²) in [5.41, 5.74) is 1.40. The van der Waals surface area contributed by atoms with Gasteiger partial charge in [-0.15, -0.1) is 5.10 Å². The maximum Gasteiger partial charge on any atom is 0.247 e. The number of hydrogen-bond acceptors (Lipinski definition) is 5. The molecule has 1 aromatic heterocycles. The lowest BCUT2D eigenvalue weighted by Crippen LogP contribution is -2.42. The smallest absolute Gasteiger partial charge is 0.247 e. The molecule has 170 valence electrons. The molecule has 4 rings (SSSR count). The maximum absolute atomic E-state index is 13.6. The van der Waals surface area contributed by atoms with Gasteiger partial charge in [-0.25, -0.2) is 17.5 Å². The highest BCUT2D eigenvalue weighted by molar-refractivity contribution is 9.10. The van der Waals surface area contributed by atoms with Crippen molar-refractivity contribution < 1.29 is 17.5 Å². The van der Waals surface area contributed by atoms with Crippen molar-refractivity contribution in [3.05, 3.63) is 70.2 Å². The van der Waals surface area contributed by atoms with E-state index in [2.05, 4.69) is 40.1 Å². The normalized spacial score (nSPS) is 18.2. The Morgan fingerprint density at radius 1 is 1.19 bits per heavy atom. The predicted octanol–water partition coefficient (Wildman–Crippen LogP) is 4.23. The minimum atomic E-state index is -3.81. The van der Waals surface area contributed by atoms with E-state index in [0.29, 0.717) is 24.4 Å². The SMILES string of the molecule is CC(C)C[C@H]1COc2cc(Br)ccc2S(=O)(=O)N1Cc1cn(Cc2ccc(F)cc2)nn1. The zero-order valence-corrected chi connectivity index (χ0v) is 20.2. The van der Waals surface area contributed by atoms with Crippen LogP contribution in [0.25, 0.3) is 0 Å². The fourth-order valence-corrected chi connectivity index (χ4v) is 5.81. The van der Waals surface area contributed by atoms with Gasteiger partial charge >= 0.3 is 0 Å². The second kappa shape index (κ2) is 9.29. The van der Waals surface area contributed by atoms with Gasteiger partial charge in [-0.1, -0.05) is 47.1 Å². The zero-order valence-electron chi connectivity index (χ0n) is 17.8. The minimum absolute atomic E-state index is 0.0853. The second-order valence-electron chi connectivity index (χ2n) is 8.27. The molecular weight excluding hydrogens is 499 g/mol. The first-order chi connectivity index (χ1) is 15.2. The average molecular weight is 523 g/mol. The fourth-order valence-electron chi connectivity index (χ4n) is 3.77. The molecule has 0 N–H and O–H groups in total. The van der Waals surface area contributed by atoms with Gasteiger partial charge in [0.25, 0.3) is 0 Å². The highest BCUT2D eigenvalue weighted by Crippen LogP contribution is 2.35. The number of aromatic nitrogens is 3. The van der Waals surface area contributed by atoms with Gasteiger partial charge in [-0.05, 0) is 48.2 Å². The predicted molar refractivity (Wildman–Crippen MR) is 121 cm³/mol. The zero-order chi connectivity index (χ0) is 22.9. The third-order valence-corrected chi connectivity index (χ3v) is 7.67. The molecule has 0 fully saturated rings. The highest BCUT2D eigenvalue weighted by Gasteiger charge is 2.38. The summed E-state index contributed by atoms with van der Waals surface area (Å²) in [4.78, 5) is 0.144. The molecule has 32 heavy (non-hydrogen) atoms. The van der Waals surface area contributed by atoms with Crippen LogP contribution < -0.4 is 4.74 Å². The van der Waals surface area contributed by atoms with Crippen molar-refractivity contribution >= 4 is 26.0 Å². The van der Waals surface area contributed by atoms with Gasteiger partial charge in [-0.3, -0.25) is 0 Å². The fraction of sp³-hybridized carbons (Fsp3) is 0.364. The average Bonchev–Trinajstić information content (AvgIpc) is 3.14. The molecule has 0 bridgehead atoms. The summed E-state index contributed by atoms with van der Waals surface area (Å²) in [5, 5.41) is 8.31. The summed E-state index contributed by atoms with van der Waals surface area (Å²) >= 11 is 3.38. The van der Waals surface area contributed by atoms with Crippen molar-refractivity contribution in [1.29, 1.82) is 0 Å². The van der Waals surface area contributed by atoms with Crippen LogP contribution in [0, 0.1) is 11.7 Å². The van der Waals surface area contributed by atoms with Crippen LogP contribution in [0.3, 0.4) is 0 Å². The van der Waals surface area contributed by atoms with Crippen LogP contribution in [0.5, 0.6) is 5.75 Å². The third kappa shape index (κ3) is 5.02. The third-order valence-electron chi connectivity index (χ3n) is 5.24. The van der Waals surface area contributed by atoms with E-state index >= 15 is 0 Å². The molecule has 1 aliphatic rings. The largest absolute Gasteiger partial charge is 0.490 e. The molecule has 1 atom stereocenters. The molecule has 2 aromatic carbocycles. The van der Waals surface area contributed by atoms with Crippen LogP contribution in [0.1, 0.15) is 31.5 Å². The van der Waals surface area contributed by atoms with Gasteiger partial charge < -0.3 is 4.74 Å². The number of ether oxygens (including phenoxy) is 1. The number of hydrogen-bond donors (Lipinski definition) is 0. The summed E-state index contributed by atoms with van der Waals surface area (Å²) in [6, 6.07) is 10.7. The molecule has 0 spiro atoms. The first kappa shape index (κ1) is 22.9. The minimum Gasteiger partial charge on any atom is -0.490 e. The Balaban J connectivity index is 1.62. The van der Waals surface area contributed by atoms with E-state index in [9.17, 15) is 12.8 Å². The van der Waals surface area contributed by atoms with Gasteiger partial charge in [0.15, 0.2) is 0 Å². The number of fused-ring (bicyclic) bond motifs is 1. The number of benzene rings is 2. The Morgan fingerprint density at radius 3 is 2.66 bits per heavy atom. The molecule has 0 aliphatic carbocycles. The van der Waals surface area contributed by atoms with Gasteiger partial charge in [0.05, 0.1) is 31.0 Å². The van der Waals surface area contributed by atoms with Gasteiger partial charge in [0.2, 0.25) is 10.0 Å². The molecule has 0 saturated carbocycles. The van der Waals surface area contributed by atoms with Crippen LogP contribution in [-0.4, -0.2) is 40.4 Å². The van der Waals surface area contributed by atoms with E-state index < -0.39 is 10.0 Å². The Labute approximate surface area is 195 Å². The lowest BCUT2D eigenvalue weighted by Gasteiger charge is -2.28. The summed E-state index contributed by atoms with van der Waals surface area (Å²) in [7, 11) is -3.81. The van der Waals surface area contributed by atoms with Crippen molar-refractivity contribution in [1.82, 2.24) is 19.3 Å². The van der Waals surface area contributed by atoms with Crippen LogP contribution in [-0.2, 0) is 23.1 Å². The van der Waals surface area contributed by atoms with Crippen LogP contribution >= 0.6 is 15.9 Å². The van der Waals surface area contributed by atoms with Crippen molar-refractivity contribution in [3.8, 4) is 5.75 Å². The van der Waals surface area contributed by atoms with Gasteiger partial charge in [-0.2, -0.15) is 4.31 Å². The van der Waals surface area contributed by atoms with Crippen molar-refractivity contribution in [2.75, 3.05) is 6.61 Å². The Bertz CT molecular complexity index is 1200. The molecule has 3 aromatic rings. The number of halogens is 2. The van der Waals surface area contributed by atoms with Crippen LogP contribution in [0.4, 0.5) is 4.39 Å². The molecule has 0 unspecified atom stereocenters. The summed E-state index contributed by atoms with van der Waals surface area (Å²) in [6.45, 7) is 4.86. The van der Waals surface area contributed by atoms with E-state index in [1.54, 1.807) is 41.2 Å². The second-order valence-corrected chi connectivity index (χ2v) is 11.0. The van der Waals surface area contributed by atoms with E-state index in [4.69, 9.17) is 4.74 Å². The summed E-state index contributed by atoms with van der Waals surface area (Å²) in [6.07, 6.45) is 2.37. The van der Waals surface area contributed by atoms with Gasteiger partial charge in [0.1, 0.15) is 23.1 Å². The van der Waals surface area contributed by atoms with Crippen molar-refractivity contribution in [2.24, 2.45) is 5.92 Å². The summed E-state index contributed by atoms with van der Waals surface area (Å²) in [5.74, 6) is 0.323. The first-order valence-corrected chi connectivity index (χ1v) is 12.5. The summed E-state index contributed by atoms with van der Waals surface area (Å²) < 4.78 is 50.1. The van der Waals surface area contributed by atoms with E-state index in [0.717, 1.165) is 10.0 Å². The standard InChI is InChI=1S/C22H24BrFN4O3S/c1-15(2)9-20-14-31-21-10-17(23)5-8-22(21)32(29,30)28(20)13-19-12-27(26-25-19)11-16-3-6-18(24)7-4-16/h3-8,10,12,15,20H,9,11,13-14H2,1-2H3/t20-/m0/s1. The first-order valence-electron chi connectivity index (χ1n) is 10.3. The van der Waals surface area contributed by atoms with Crippen molar-refractivity contribution in [2.45, 2.75) is 44.3 Å². The van der Waals surface area contributed by atoms with Gasteiger partial charge in [0, 0.05) is 4.47 Å². The van der Waals surface area contributed by atoms with Crippen molar-refractivity contribution in [3.63, 3.8) is 0 Å². The Morgan fingerprint density at radius 2 is 1.94 bits per heavy atom. The Kier molecular flexibility index (Phi) is 6.64.